The molecule has 0 unspecified atom stereocenters. The first-order valence-corrected chi connectivity index (χ1v) is 7.14. The molecule has 0 aliphatic rings. The average molecular weight is 289 g/mol. The number of rotatable bonds is 6. The van der Waals surface area contributed by atoms with E-state index >= 15 is 0 Å². The zero-order valence-electron chi connectivity index (χ0n) is 12.3. The molecule has 0 spiro atoms. The second-order valence-electron chi connectivity index (χ2n) is 4.75. The molecule has 5 nitrogen and oxygen atoms in total. The van der Waals surface area contributed by atoms with Gasteiger partial charge >= 0.3 is 5.63 Å². The van der Waals surface area contributed by atoms with Crippen molar-refractivity contribution in [2.75, 3.05) is 13.2 Å². The van der Waals surface area contributed by atoms with E-state index in [0.717, 1.165) is 12.8 Å². The van der Waals surface area contributed by atoms with Gasteiger partial charge in [0.1, 0.15) is 16.9 Å². The molecule has 2 rings (SSSR count). The molecule has 1 aromatic carbocycles. The molecule has 1 amide bonds. The summed E-state index contributed by atoms with van der Waals surface area (Å²) in [5, 5.41) is 3.36. The van der Waals surface area contributed by atoms with Crippen LogP contribution in [0.1, 0.15) is 37.0 Å². The number of hydrogen-bond donors (Lipinski definition) is 1. The Morgan fingerprint density at radius 3 is 2.76 bits per heavy atom. The Hall–Kier alpha value is -2.30. The maximum atomic E-state index is 11.9. The highest BCUT2D eigenvalue weighted by atomic mass is 16.5. The first kappa shape index (κ1) is 15.1. The first-order chi connectivity index (χ1) is 10.2. The lowest BCUT2D eigenvalue weighted by atomic mass is 10.1. The van der Waals surface area contributed by atoms with Crippen LogP contribution in [0.15, 0.2) is 33.5 Å². The molecule has 2 aromatic rings. The Morgan fingerprint density at radius 2 is 2.05 bits per heavy atom. The number of benzene rings is 1. The number of nitrogens with one attached hydrogen (secondary N) is 1. The monoisotopic (exact) mass is 289 g/mol. The van der Waals surface area contributed by atoms with Crippen LogP contribution < -0.4 is 15.7 Å². The van der Waals surface area contributed by atoms with Gasteiger partial charge in [0.15, 0.2) is 0 Å². The van der Waals surface area contributed by atoms with Crippen LogP contribution in [0.5, 0.6) is 5.75 Å². The molecule has 0 aliphatic heterocycles. The van der Waals surface area contributed by atoms with Gasteiger partial charge in [-0.05, 0) is 31.0 Å². The third-order valence-corrected chi connectivity index (χ3v) is 2.96. The van der Waals surface area contributed by atoms with Crippen LogP contribution in [-0.4, -0.2) is 19.1 Å². The van der Waals surface area contributed by atoms with E-state index < -0.39 is 11.5 Å². The van der Waals surface area contributed by atoms with Gasteiger partial charge in [-0.15, -0.1) is 0 Å². The van der Waals surface area contributed by atoms with Crippen LogP contribution in [0.3, 0.4) is 0 Å². The van der Waals surface area contributed by atoms with Crippen LogP contribution >= 0.6 is 0 Å². The molecular weight excluding hydrogens is 270 g/mol. The molecule has 21 heavy (non-hydrogen) atoms. The van der Waals surface area contributed by atoms with Crippen molar-refractivity contribution in [3.05, 3.63) is 40.2 Å². The molecule has 112 valence electrons. The Kier molecular flexibility index (Phi) is 4.98. The molecule has 0 saturated carbocycles. The van der Waals surface area contributed by atoms with Gasteiger partial charge in [-0.3, -0.25) is 4.79 Å². The highest BCUT2D eigenvalue weighted by molar-refractivity contribution is 5.96. The number of fused-ring (bicyclic) bond motifs is 1. The topological polar surface area (TPSA) is 68.5 Å². The Bertz CT molecular complexity index is 690. The van der Waals surface area contributed by atoms with Crippen molar-refractivity contribution in [1.82, 2.24) is 5.32 Å². The normalized spacial score (nSPS) is 10.6. The molecular formula is C16H19NO4. The summed E-state index contributed by atoms with van der Waals surface area (Å²) in [6.45, 7) is 5.09. The molecule has 1 N–H and O–H groups in total. The van der Waals surface area contributed by atoms with Gasteiger partial charge in [0.2, 0.25) is 0 Å². The average Bonchev–Trinajstić information content (AvgIpc) is 2.49. The lowest BCUT2D eigenvalue weighted by Crippen LogP contribution is -2.28. The zero-order valence-corrected chi connectivity index (χ0v) is 12.3. The summed E-state index contributed by atoms with van der Waals surface area (Å²) >= 11 is 0. The van der Waals surface area contributed by atoms with E-state index in [1.165, 1.54) is 0 Å². The van der Waals surface area contributed by atoms with E-state index in [9.17, 15) is 9.59 Å². The van der Waals surface area contributed by atoms with Gasteiger partial charge in [0, 0.05) is 18.0 Å². The molecule has 1 aromatic heterocycles. The Morgan fingerprint density at radius 1 is 1.24 bits per heavy atom. The molecule has 1 heterocycles. The number of hydrogen-bond acceptors (Lipinski definition) is 4. The first-order valence-electron chi connectivity index (χ1n) is 7.14. The molecule has 5 heteroatoms. The number of amides is 1. The van der Waals surface area contributed by atoms with Crippen molar-refractivity contribution in [1.29, 1.82) is 0 Å². The molecule has 0 fully saturated rings. The van der Waals surface area contributed by atoms with Crippen molar-refractivity contribution < 1.29 is 13.9 Å². The van der Waals surface area contributed by atoms with Crippen LogP contribution in [0.2, 0.25) is 0 Å². The van der Waals surface area contributed by atoms with Crippen LogP contribution in [0, 0.1) is 0 Å². The summed E-state index contributed by atoms with van der Waals surface area (Å²) in [6.07, 6.45) is 1.71. The van der Waals surface area contributed by atoms with Crippen molar-refractivity contribution in [2.24, 2.45) is 0 Å². The summed E-state index contributed by atoms with van der Waals surface area (Å²) in [5.74, 6) is 0.245. The standard InChI is InChI=1S/C16H19NO4/c1-3-7-17-15(18)13-9-11-5-6-12(20-8-4-2)10-14(11)21-16(13)19/h5-6,9-10H,3-4,7-8H2,1-2H3,(H,17,18). The number of carbonyl (C=O) groups excluding carboxylic acids is 1. The van der Waals surface area contributed by atoms with Gasteiger partial charge in [-0.25, -0.2) is 4.79 Å². The van der Waals surface area contributed by atoms with Crippen LogP contribution in [0.4, 0.5) is 0 Å². The fourth-order valence-corrected chi connectivity index (χ4v) is 1.89. The van der Waals surface area contributed by atoms with Gasteiger partial charge < -0.3 is 14.5 Å². The maximum absolute atomic E-state index is 11.9. The van der Waals surface area contributed by atoms with E-state index in [2.05, 4.69) is 5.32 Å². The fourth-order valence-electron chi connectivity index (χ4n) is 1.89. The minimum Gasteiger partial charge on any atom is -0.493 e. The number of carbonyl (C=O) groups is 1. The highest BCUT2D eigenvalue weighted by Crippen LogP contribution is 2.20. The Labute approximate surface area is 122 Å². The fraction of sp³-hybridized carbons (Fsp3) is 0.375. The molecule has 0 radical (unpaired) electrons. The van der Waals surface area contributed by atoms with Crippen LogP contribution in [-0.2, 0) is 0 Å². The molecule has 0 bridgehead atoms. The van der Waals surface area contributed by atoms with E-state index in [-0.39, 0.29) is 5.56 Å². The molecule has 0 aliphatic carbocycles. The predicted molar refractivity (Wildman–Crippen MR) is 80.9 cm³/mol. The smallest absolute Gasteiger partial charge is 0.349 e. The second kappa shape index (κ2) is 6.92. The van der Waals surface area contributed by atoms with Crippen molar-refractivity contribution in [3.8, 4) is 5.75 Å². The largest absolute Gasteiger partial charge is 0.493 e. The maximum Gasteiger partial charge on any atom is 0.349 e. The summed E-state index contributed by atoms with van der Waals surface area (Å²) in [7, 11) is 0. The van der Waals surface area contributed by atoms with Crippen LogP contribution in [0.25, 0.3) is 11.0 Å². The van der Waals surface area contributed by atoms with E-state index in [1.54, 1.807) is 24.3 Å². The second-order valence-corrected chi connectivity index (χ2v) is 4.75. The van der Waals surface area contributed by atoms with Gasteiger partial charge in [-0.2, -0.15) is 0 Å². The summed E-state index contributed by atoms with van der Waals surface area (Å²) < 4.78 is 10.7. The van der Waals surface area contributed by atoms with Crippen molar-refractivity contribution in [3.63, 3.8) is 0 Å². The van der Waals surface area contributed by atoms with Gasteiger partial charge in [0.05, 0.1) is 6.61 Å². The minimum atomic E-state index is -0.635. The Balaban J connectivity index is 2.33. The third kappa shape index (κ3) is 3.62. The summed E-state index contributed by atoms with van der Waals surface area (Å²) in [4.78, 5) is 23.8. The number of ether oxygens (including phenoxy) is 1. The van der Waals surface area contributed by atoms with Gasteiger partial charge in [0.25, 0.3) is 5.91 Å². The van der Waals surface area contributed by atoms with E-state index in [4.69, 9.17) is 9.15 Å². The minimum absolute atomic E-state index is 0.0261. The predicted octanol–water partition coefficient (Wildman–Crippen LogP) is 2.72. The summed E-state index contributed by atoms with van der Waals surface area (Å²) in [6, 6.07) is 6.79. The third-order valence-electron chi connectivity index (χ3n) is 2.96. The SMILES string of the molecule is CCCNC(=O)c1cc2ccc(OCCC)cc2oc1=O. The lowest BCUT2D eigenvalue weighted by molar-refractivity contribution is 0.0950. The van der Waals surface area contributed by atoms with Crippen molar-refractivity contribution >= 4 is 16.9 Å². The molecule has 0 atom stereocenters. The van der Waals surface area contributed by atoms with E-state index in [1.807, 2.05) is 13.8 Å². The van der Waals surface area contributed by atoms with Gasteiger partial charge in [-0.1, -0.05) is 13.8 Å². The van der Waals surface area contributed by atoms with E-state index in [0.29, 0.717) is 29.9 Å². The van der Waals surface area contributed by atoms with Crippen molar-refractivity contribution in [2.45, 2.75) is 26.7 Å². The highest BCUT2D eigenvalue weighted by Gasteiger charge is 2.13. The summed E-state index contributed by atoms with van der Waals surface area (Å²) in [5.41, 5.74) is -0.192. The quantitative estimate of drug-likeness (QED) is 0.830. The lowest BCUT2D eigenvalue weighted by Gasteiger charge is -2.06. The zero-order chi connectivity index (χ0) is 15.2. The molecule has 0 saturated heterocycles.